The van der Waals surface area contributed by atoms with Gasteiger partial charge in [0.1, 0.15) is 0 Å². The molecule has 0 bridgehead atoms. The van der Waals surface area contributed by atoms with Gasteiger partial charge in [0.15, 0.2) is 0 Å². The van der Waals surface area contributed by atoms with Crippen LogP contribution in [0.5, 0.6) is 0 Å². The number of carbonyl (C=O) groups excluding carboxylic acids is 1. The fourth-order valence-electron chi connectivity index (χ4n) is 3.96. The van der Waals surface area contributed by atoms with Crippen molar-refractivity contribution in [3.8, 4) is 0 Å². The Morgan fingerprint density at radius 1 is 1.00 bits per heavy atom. The Morgan fingerprint density at radius 3 is 2.53 bits per heavy atom. The number of fused-ring (bicyclic) bond motifs is 3. The quantitative estimate of drug-likeness (QED) is 0.396. The summed E-state index contributed by atoms with van der Waals surface area (Å²) in [6.07, 6.45) is 0.913. The molecule has 0 saturated carbocycles. The molecule has 0 fully saturated rings. The molecule has 8 heteroatoms. The van der Waals surface area contributed by atoms with Gasteiger partial charge in [-0.05, 0) is 66.4 Å². The van der Waals surface area contributed by atoms with Gasteiger partial charge in [-0.3, -0.25) is 14.2 Å². The van der Waals surface area contributed by atoms with Crippen molar-refractivity contribution >= 4 is 39.9 Å². The summed E-state index contributed by atoms with van der Waals surface area (Å²) < 4.78 is 3.09. The first-order valence-electron chi connectivity index (χ1n) is 11.0. The minimum atomic E-state index is -0.478. The molecule has 0 aliphatic carbocycles. The van der Waals surface area contributed by atoms with Crippen LogP contribution in [0, 0.1) is 6.92 Å². The van der Waals surface area contributed by atoms with Crippen molar-refractivity contribution in [2.75, 3.05) is 5.32 Å². The van der Waals surface area contributed by atoms with E-state index in [9.17, 15) is 9.59 Å². The van der Waals surface area contributed by atoms with E-state index in [-0.39, 0.29) is 17.0 Å². The molecule has 7 nitrogen and oxygen atoms in total. The van der Waals surface area contributed by atoms with Gasteiger partial charge in [0.25, 0.3) is 11.5 Å². The van der Waals surface area contributed by atoms with Gasteiger partial charge in [-0.2, -0.15) is 4.98 Å². The molecule has 0 saturated heterocycles. The van der Waals surface area contributed by atoms with Crippen molar-refractivity contribution < 1.29 is 4.79 Å². The second-order valence-corrected chi connectivity index (χ2v) is 8.63. The molecule has 5 aromatic rings. The van der Waals surface area contributed by atoms with Crippen LogP contribution < -0.4 is 10.9 Å². The predicted molar refractivity (Wildman–Crippen MR) is 134 cm³/mol. The highest BCUT2D eigenvalue weighted by atomic mass is 35.5. The molecule has 2 aromatic heterocycles. The van der Waals surface area contributed by atoms with Gasteiger partial charge in [0, 0.05) is 10.7 Å². The molecule has 1 amide bonds. The van der Waals surface area contributed by atoms with Crippen LogP contribution in [0.25, 0.3) is 16.7 Å². The lowest BCUT2D eigenvalue weighted by atomic mass is 10.1. The molecule has 2 heterocycles. The maximum Gasteiger partial charge on any atom is 0.296 e. The summed E-state index contributed by atoms with van der Waals surface area (Å²) in [5, 5.41) is 7.79. The van der Waals surface area contributed by atoms with Crippen LogP contribution in [0.2, 0.25) is 5.02 Å². The van der Waals surface area contributed by atoms with Crippen LogP contribution in [-0.2, 0) is 13.0 Å². The predicted octanol–water partition coefficient (Wildman–Crippen LogP) is 4.87. The lowest BCUT2D eigenvalue weighted by Gasteiger charge is -2.12. The Bertz CT molecular complexity index is 1600. The number of rotatable bonds is 5. The number of carbonyl (C=O) groups is 1. The maximum absolute atomic E-state index is 13.5. The van der Waals surface area contributed by atoms with E-state index in [1.165, 1.54) is 10.1 Å². The summed E-state index contributed by atoms with van der Waals surface area (Å²) in [5.74, 6) is -0.548. The molecule has 170 valence electrons. The van der Waals surface area contributed by atoms with Crippen molar-refractivity contribution in [3.05, 3.63) is 105 Å². The average Bonchev–Trinajstić information content (AvgIpc) is 3.28. The van der Waals surface area contributed by atoms with Crippen molar-refractivity contribution in [3.63, 3.8) is 0 Å². The van der Waals surface area contributed by atoms with E-state index in [1.807, 2.05) is 67.6 Å². The number of aromatic nitrogens is 4. The second kappa shape index (κ2) is 8.76. The van der Waals surface area contributed by atoms with Gasteiger partial charge in [-0.1, -0.05) is 48.9 Å². The summed E-state index contributed by atoms with van der Waals surface area (Å²) >= 11 is 6.15. The topological polar surface area (TPSA) is 81.3 Å². The largest absolute Gasteiger partial charge is 0.319 e. The molecular formula is C26H22ClN5O2. The second-order valence-electron chi connectivity index (χ2n) is 8.19. The zero-order chi connectivity index (χ0) is 23.8. The maximum atomic E-state index is 13.5. The first kappa shape index (κ1) is 21.9. The van der Waals surface area contributed by atoms with Gasteiger partial charge in [0.05, 0.1) is 17.6 Å². The number of hydrogen-bond donors (Lipinski definition) is 1. The Labute approximate surface area is 200 Å². The molecule has 0 aliphatic heterocycles. The zero-order valence-electron chi connectivity index (χ0n) is 18.7. The lowest BCUT2D eigenvalue weighted by molar-refractivity contribution is 0.101. The zero-order valence-corrected chi connectivity index (χ0v) is 19.5. The highest BCUT2D eigenvalue weighted by Gasteiger charge is 2.19. The minimum Gasteiger partial charge on any atom is -0.319 e. The SMILES string of the molecule is CCc1ccc(NC(=O)c2nc3c(=O)n(Cc4cccc(Cl)c4)c4cc(C)ccc4n3n2)cc1. The normalized spacial score (nSPS) is 11.3. The van der Waals surface area contributed by atoms with E-state index in [2.05, 4.69) is 22.3 Å². The average molecular weight is 472 g/mol. The van der Waals surface area contributed by atoms with E-state index >= 15 is 0 Å². The number of amides is 1. The number of aryl methyl sites for hydroxylation is 2. The Morgan fingerprint density at radius 2 is 1.79 bits per heavy atom. The van der Waals surface area contributed by atoms with Gasteiger partial charge in [-0.15, -0.1) is 5.10 Å². The Kier molecular flexibility index (Phi) is 5.63. The highest BCUT2D eigenvalue weighted by molar-refractivity contribution is 6.30. The first-order chi connectivity index (χ1) is 16.4. The Hall–Kier alpha value is -3.97. The molecule has 5 rings (SSSR count). The van der Waals surface area contributed by atoms with Crippen molar-refractivity contribution in [1.29, 1.82) is 0 Å². The van der Waals surface area contributed by atoms with Gasteiger partial charge < -0.3 is 5.32 Å². The number of hydrogen-bond acceptors (Lipinski definition) is 4. The highest BCUT2D eigenvalue weighted by Crippen LogP contribution is 2.19. The lowest BCUT2D eigenvalue weighted by Crippen LogP contribution is -2.24. The van der Waals surface area contributed by atoms with Crippen LogP contribution in [0.15, 0.2) is 71.5 Å². The van der Waals surface area contributed by atoms with Crippen LogP contribution in [0.3, 0.4) is 0 Å². The van der Waals surface area contributed by atoms with E-state index in [1.54, 1.807) is 10.6 Å². The number of anilines is 1. The van der Waals surface area contributed by atoms with Crippen molar-refractivity contribution in [1.82, 2.24) is 19.2 Å². The number of nitrogens with zero attached hydrogens (tertiary/aromatic N) is 4. The number of benzene rings is 3. The number of halogens is 1. The number of nitrogens with one attached hydrogen (secondary N) is 1. The van der Waals surface area contributed by atoms with Crippen LogP contribution in [-0.4, -0.2) is 25.1 Å². The molecule has 0 radical (unpaired) electrons. The molecule has 0 spiro atoms. The summed E-state index contributed by atoms with van der Waals surface area (Å²) in [7, 11) is 0. The third-order valence-electron chi connectivity index (χ3n) is 5.75. The molecule has 0 atom stereocenters. The molecule has 0 aliphatic rings. The molecule has 0 unspecified atom stereocenters. The third kappa shape index (κ3) is 4.06. The summed E-state index contributed by atoms with van der Waals surface area (Å²) in [6, 6.07) is 20.7. The standard InChI is InChI=1S/C26H22ClN5O2/c1-3-17-8-10-20(11-9-17)28-25(33)23-29-24-26(34)31(15-18-5-4-6-19(27)14-18)22-13-16(2)7-12-21(22)32(24)30-23/h4-14H,3,15H2,1-2H3,(H,28,33). The summed E-state index contributed by atoms with van der Waals surface area (Å²) in [5.41, 5.74) is 4.83. The summed E-state index contributed by atoms with van der Waals surface area (Å²) in [6.45, 7) is 4.34. The minimum absolute atomic E-state index is 0.0703. The van der Waals surface area contributed by atoms with Crippen molar-refractivity contribution in [2.45, 2.75) is 26.8 Å². The smallest absolute Gasteiger partial charge is 0.296 e. The van der Waals surface area contributed by atoms with Crippen LogP contribution in [0.4, 0.5) is 5.69 Å². The van der Waals surface area contributed by atoms with E-state index in [0.717, 1.165) is 17.5 Å². The first-order valence-corrected chi connectivity index (χ1v) is 11.4. The van der Waals surface area contributed by atoms with Crippen molar-refractivity contribution in [2.24, 2.45) is 0 Å². The van der Waals surface area contributed by atoms with Crippen LogP contribution in [0.1, 0.15) is 34.2 Å². The van der Waals surface area contributed by atoms with Crippen LogP contribution >= 0.6 is 11.6 Å². The van der Waals surface area contributed by atoms with Gasteiger partial charge >= 0.3 is 0 Å². The van der Waals surface area contributed by atoms with Gasteiger partial charge in [0.2, 0.25) is 11.5 Å². The fourth-order valence-corrected chi connectivity index (χ4v) is 4.17. The molecule has 34 heavy (non-hydrogen) atoms. The van der Waals surface area contributed by atoms with Gasteiger partial charge in [-0.25, -0.2) is 4.52 Å². The van der Waals surface area contributed by atoms with E-state index in [0.29, 0.717) is 28.3 Å². The molecular weight excluding hydrogens is 450 g/mol. The van der Waals surface area contributed by atoms with E-state index in [4.69, 9.17) is 11.6 Å². The van der Waals surface area contributed by atoms with E-state index < -0.39 is 5.91 Å². The molecule has 1 N–H and O–H groups in total. The molecule has 3 aromatic carbocycles. The monoisotopic (exact) mass is 471 g/mol. The Balaban J connectivity index is 1.61. The summed E-state index contributed by atoms with van der Waals surface area (Å²) in [4.78, 5) is 30.7. The fraction of sp³-hybridized carbons (Fsp3) is 0.154. The third-order valence-corrected chi connectivity index (χ3v) is 5.98.